The van der Waals surface area contributed by atoms with Crippen molar-refractivity contribution in [3.05, 3.63) is 22.4 Å². The van der Waals surface area contributed by atoms with Crippen LogP contribution in [0.5, 0.6) is 0 Å². The summed E-state index contributed by atoms with van der Waals surface area (Å²) >= 11 is 1.59. The SMILES string of the molecule is CCCNCCCN(C)S(=O)(=O)N(CC)Cc1cccs1. The molecule has 21 heavy (non-hydrogen) atoms. The number of hydrogen-bond donors (Lipinski definition) is 1. The summed E-state index contributed by atoms with van der Waals surface area (Å²) in [6.07, 6.45) is 1.92. The van der Waals surface area contributed by atoms with Crippen LogP contribution in [0.25, 0.3) is 0 Å². The van der Waals surface area contributed by atoms with Gasteiger partial charge in [0.15, 0.2) is 0 Å². The molecule has 0 aromatic carbocycles. The number of hydrogen-bond acceptors (Lipinski definition) is 4. The summed E-state index contributed by atoms with van der Waals surface area (Å²) < 4.78 is 28.1. The number of thiophene rings is 1. The zero-order valence-electron chi connectivity index (χ0n) is 13.2. The molecule has 0 radical (unpaired) electrons. The lowest BCUT2D eigenvalue weighted by Gasteiger charge is -2.26. The van der Waals surface area contributed by atoms with E-state index in [0.717, 1.165) is 30.8 Å². The van der Waals surface area contributed by atoms with E-state index < -0.39 is 10.2 Å². The van der Waals surface area contributed by atoms with Crippen molar-refractivity contribution in [1.29, 1.82) is 0 Å². The van der Waals surface area contributed by atoms with E-state index in [1.807, 2.05) is 24.4 Å². The molecule has 1 heterocycles. The Morgan fingerprint density at radius 3 is 2.62 bits per heavy atom. The molecule has 7 heteroatoms. The zero-order valence-corrected chi connectivity index (χ0v) is 14.8. The largest absolute Gasteiger partial charge is 0.317 e. The molecule has 0 amide bonds. The molecule has 0 unspecified atom stereocenters. The van der Waals surface area contributed by atoms with Crippen LogP contribution in [0, 0.1) is 0 Å². The van der Waals surface area contributed by atoms with Gasteiger partial charge in [-0.2, -0.15) is 17.0 Å². The lowest BCUT2D eigenvalue weighted by Crippen LogP contribution is -2.42. The van der Waals surface area contributed by atoms with Gasteiger partial charge >= 0.3 is 0 Å². The third-order valence-electron chi connectivity index (χ3n) is 3.24. The maximum absolute atomic E-state index is 12.5. The monoisotopic (exact) mass is 333 g/mol. The maximum atomic E-state index is 12.5. The molecule has 1 rings (SSSR count). The topological polar surface area (TPSA) is 52.7 Å². The fraction of sp³-hybridized carbons (Fsp3) is 0.714. The molecule has 0 spiro atoms. The van der Waals surface area contributed by atoms with Crippen molar-refractivity contribution in [3.63, 3.8) is 0 Å². The van der Waals surface area contributed by atoms with Crippen molar-refractivity contribution in [1.82, 2.24) is 13.9 Å². The summed E-state index contributed by atoms with van der Waals surface area (Å²) in [6, 6.07) is 3.92. The molecule has 1 N–H and O–H groups in total. The van der Waals surface area contributed by atoms with Crippen molar-refractivity contribution in [2.45, 2.75) is 33.2 Å². The van der Waals surface area contributed by atoms with Gasteiger partial charge in [-0.25, -0.2) is 0 Å². The van der Waals surface area contributed by atoms with E-state index in [4.69, 9.17) is 0 Å². The Balaban J connectivity index is 2.51. The van der Waals surface area contributed by atoms with Crippen molar-refractivity contribution in [2.24, 2.45) is 0 Å². The van der Waals surface area contributed by atoms with Crippen LogP contribution in [-0.4, -0.2) is 50.3 Å². The minimum Gasteiger partial charge on any atom is -0.317 e. The lowest BCUT2D eigenvalue weighted by atomic mass is 10.4. The van der Waals surface area contributed by atoms with E-state index in [0.29, 0.717) is 19.6 Å². The van der Waals surface area contributed by atoms with Crippen LogP contribution in [0.4, 0.5) is 0 Å². The van der Waals surface area contributed by atoms with E-state index in [1.54, 1.807) is 18.4 Å². The molecule has 0 bridgehead atoms. The highest BCUT2D eigenvalue weighted by atomic mass is 32.2. The van der Waals surface area contributed by atoms with Crippen LogP contribution < -0.4 is 5.32 Å². The first kappa shape index (κ1) is 18.6. The van der Waals surface area contributed by atoms with Crippen LogP contribution in [-0.2, 0) is 16.8 Å². The van der Waals surface area contributed by atoms with Gasteiger partial charge in [-0.1, -0.05) is 19.9 Å². The molecule has 0 saturated carbocycles. The molecule has 122 valence electrons. The molecule has 0 aliphatic heterocycles. The Hall–Kier alpha value is -0.470. The highest BCUT2D eigenvalue weighted by Gasteiger charge is 2.25. The molecule has 1 aromatic heterocycles. The Bertz CT molecular complexity index is 474. The molecule has 0 atom stereocenters. The first-order valence-electron chi connectivity index (χ1n) is 7.46. The van der Waals surface area contributed by atoms with Gasteiger partial charge < -0.3 is 5.32 Å². The van der Waals surface area contributed by atoms with E-state index in [1.165, 1.54) is 8.61 Å². The van der Waals surface area contributed by atoms with Crippen LogP contribution in [0.3, 0.4) is 0 Å². The molecular formula is C14H27N3O2S2. The highest BCUT2D eigenvalue weighted by Crippen LogP contribution is 2.16. The first-order chi connectivity index (χ1) is 10.0. The normalized spacial score (nSPS) is 12.4. The van der Waals surface area contributed by atoms with Crippen molar-refractivity contribution >= 4 is 21.5 Å². The average Bonchev–Trinajstić information content (AvgIpc) is 2.97. The van der Waals surface area contributed by atoms with Gasteiger partial charge in [-0.05, 0) is 37.4 Å². The quantitative estimate of drug-likeness (QED) is 0.631. The van der Waals surface area contributed by atoms with Crippen molar-refractivity contribution < 1.29 is 8.42 Å². The number of rotatable bonds is 11. The fourth-order valence-corrected chi connectivity index (χ4v) is 4.16. The molecule has 0 fully saturated rings. The third kappa shape index (κ3) is 6.04. The van der Waals surface area contributed by atoms with Crippen LogP contribution in [0.2, 0.25) is 0 Å². The average molecular weight is 334 g/mol. The number of nitrogens with zero attached hydrogens (tertiary/aromatic N) is 2. The summed E-state index contributed by atoms with van der Waals surface area (Å²) in [6.45, 7) is 7.31. The van der Waals surface area contributed by atoms with E-state index in [9.17, 15) is 8.42 Å². The van der Waals surface area contributed by atoms with Gasteiger partial charge in [-0.3, -0.25) is 0 Å². The van der Waals surface area contributed by atoms with Gasteiger partial charge in [0.1, 0.15) is 0 Å². The summed E-state index contributed by atoms with van der Waals surface area (Å²) in [7, 11) is -1.72. The molecule has 5 nitrogen and oxygen atoms in total. The molecule has 0 aliphatic carbocycles. The van der Waals surface area contributed by atoms with Crippen LogP contribution in [0.15, 0.2) is 17.5 Å². The predicted molar refractivity (Wildman–Crippen MR) is 89.7 cm³/mol. The van der Waals surface area contributed by atoms with E-state index in [-0.39, 0.29) is 0 Å². The second-order valence-electron chi connectivity index (χ2n) is 4.94. The van der Waals surface area contributed by atoms with Gasteiger partial charge in [0.25, 0.3) is 10.2 Å². The molecular weight excluding hydrogens is 306 g/mol. The van der Waals surface area contributed by atoms with Crippen LogP contribution in [0.1, 0.15) is 31.6 Å². The van der Waals surface area contributed by atoms with Crippen molar-refractivity contribution in [3.8, 4) is 0 Å². The molecule has 0 aliphatic rings. The Morgan fingerprint density at radius 1 is 1.29 bits per heavy atom. The van der Waals surface area contributed by atoms with Crippen molar-refractivity contribution in [2.75, 3.05) is 33.2 Å². The first-order valence-corrected chi connectivity index (χ1v) is 9.74. The third-order valence-corrected chi connectivity index (χ3v) is 6.11. The number of nitrogens with one attached hydrogen (secondary N) is 1. The van der Waals surface area contributed by atoms with E-state index in [2.05, 4.69) is 12.2 Å². The Morgan fingerprint density at radius 2 is 2.05 bits per heavy atom. The highest BCUT2D eigenvalue weighted by molar-refractivity contribution is 7.86. The summed E-state index contributed by atoms with van der Waals surface area (Å²) in [4.78, 5) is 1.07. The molecule has 0 saturated heterocycles. The smallest absolute Gasteiger partial charge is 0.282 e. The maximum Gasteiger partial charge on any atom is 0.282 e. The van der Waals surface area contributed by atoms with E-state index >= 15 is 0 Å². The van der Waals surface area contributed by atoms with Gasteiger partial charge in [-0.15, -0.1) is 11.3 Å². The van der Waals surface area contributed by atoms with Gasteiger partial charge in [0.2, 0.25) is 0 Å². The fourth-order valence-electron chi connectivity index (χ4n) is 1.97. The second-order valence-corrected chi connectivity index (χ2v) is 8.01. The lowest BCUT2D eigenvalue weighted by molar-refractivity contribution is 0.362. The Kier molecular flexibility index (Phi) is 8.43. The van der Waals surface area contributed by atoms with Crippen LogP contribution >= 0.6 is 11.3 Å². The standard InChI is InChI=1S/C14H27N3O2S2/c1-4-9-15-10-7-11-16(3)21(18,19)17(5-2)13-14-8-6-12-20-14/h6,8,12,15H,4-5,7,9-11,13H2,1-3H3. The minimum atomic E-state index is -3.37. The summed E-state index contributed by atoms with van der Waals surface area (Å²) in [5.74, 6) is 0. The summed E-state index contributed by atoms with van der Waals surface area (Å²) in [5, 5.41) is 5.26. The second kappa shape index (κ2) is 9.53. The van der Waals surface area contributed by atoms with Gasteiger partial charge in [0.05, 0.1) is 0 Å². The van der Waals surface area contributed by atoms with Gasteiger partial charge in [0, 0.05) is 31.6 Å². The molecule has 1 aromatic rings. The minimum absolute atomic E-state index is 0.453. The zero-order chi connectivity index (χ0) is 15.7. The Labute approximate surface area is 133 Å². The predicted octanol–water partition coefficient (Wildman–Crippen LogP) is 2.14. The summed E-state index contributed by atoms with van der Waals surface area (Å²) in [5.41, 5.74) is 0.